The van der Waals surface area contributed by atoms with Crippen molar-refractivity contribution in [2.24, 2.45) is 0 Å². The zero-order chi connectivity index (χ0) is 13.3. The van der Waals surface area contributed by atoms with E-state index in [1.165, 1.54) is 17.4 Å². The molecule has 0 aliphatic carbocycles. The molecule has 0 saturated carbocycles. The summed E-state index contributed by atoms with van der Waals surface area (Å²) in [5.41, 5.74) is 0.370. The molecule has 0 aliphatic heterocycles. The van der Waals surface area contributed by atoms with Crippen molar-refractivity contribution >= 4 is 50.5 Å². The van der Waals surface area contributed by atoms with Gasteiger partial charge in [0.2, 0.25) is 0 Å². The highest BCUT2D eigenvalue weighted by Gasteiger charge is 2.14. The van der Waals surface area contributed by atoms with E-state index in [9.17, 15) is 9.18 Å². The Kier molecular flexibility index (Phi) is 4.04. The van der Waals surface area contributed by atoms with Gasteiger partial charge in [-0.1, -0.05) is 11.6 Å². The molecule has 0 aliphatic rings. The highest BCUT2D eigenvalue weighted by atomic mass is 79.9. The average Bonchev–Trinajstić information content (AvgIpc) is 2.70. The lowest BCUT2D eigenvalue weighted by Gasteiger charge is -2.08. The third-order valence-electron chi connectivity index (χ3n) is 2.21. The quantitative estimate of drug-likeness (QED) is 0.824. The number of carbonyl (C=O) groups is 1. The van der Waals surface area contributed by atoms with E-state index in [0.29, 0.717) is 15.0 Å². The zero-order valence-corrected chi connectivity index (χ0v) is 12.4. The number of rotatable bonds is 2. The summed E-state index contributed by atoms with van der Waals surface area (Å²) in [5, 5.41) is 2.82. The molecule has 0 fully saturated rings. The van der Waals surface area contributed by atoms with Gasteiger partial charge in [0.25, 0.3) is 5.91 Å². The van der Waals surface area contributed by atoms with E-state index in [2.05, 4.69) is 21.2 Å². The Bertz CT molecular complexity index is 591. The van der Waals surface area contributed by atoms with E-state index in [0.717, 1.165) is 10.9 Å². The Balaban J connectivity index is 2.27. The molecule has 2 rings (SSSR count). The third-order valence-corrected chi connectivity index (χ3v) is 4.13. The van der Waals surface area contributed by atoms with E-state index < -0.39 is 5.82 Å². The highest BCUT2D eigenvalue weighted by Crippen LogP contribution is 2.32. The van der Waals surface area contributed by atoms with Crippen molar-refractivity contribution in [3.05, 3.63) is 49.3 Å². The molecule has 1 N–H and O–H groups in total. The van der Waals surface area contributed by atoms with Crippen molar-refractivity contribution in [2.45, 2.75) is 6.92 Å². The topological polar surface area (TPSA) is 29.1 Å². The Labute approximate surface area is 121 Å². The normalized spacial score (nSPS) is 10.4. The molecule has 1 amide bonds. The summed E-state index contributed by atoms with van der Waals surface area (Å²) < 4.78 is 13.5. The van der Waals surface area contributed by atoms with Crippen molar-refractivity contribution in [2.75, 3.05) is 5.32 Å². The van der Waals surface area contributed by atoms with Crippen LogP contribution < -0.4 is 5.32 Å². The summed E-state index contributed by atoms with van der Waals surface area (Å²) in [4.78, 5) is 13.6. The second kappa shape index (κ2) is 5.38. The van der Waals surface area contributed by atoms with Crippen LogP contribution in [0.3, 0.4) is 0 Å². The van der Waals surface area contributed by atoms with Crippen LogP contribution in [0.5, 0.6) is 0 Å². The van der Waals surface area contributed by atoms with Gasteiger partial charge in [-0.05, 0) is 47.1 Å². The summed E-state index contributed by atoms with van der Waals surface area (Å²) in [7, 11) is 0. The van der Waals surface area contributed by atoms with Crippen LogP contribution in [0.15, 0.2) is 28.7 Å². The Morgan fingerprint density at radius 3 is 2.72 bits per heavy atom. The monoisotopic (exact) mass is 347 g/mol. The number of anilines is 1. The van der Waals surface area contributed by atoms with Gasteiger partial charge in [-0.25, -0.2) is 4.39 Å². The lowest BCUT2D eigenvalue weighted by molar-refractivity contribution is 0.103. The summed E-state index contributed by atoms with van der Waals surface area (Å²) in [6, 6.07) is 6.00. The number of thiophene rings is 1. The van der Waals surface area contributed by atoms with E-state index >= 15 is 0 Å². The lowest BCUT2D eigenvalue weighted by Crippen LogP contribution is -2.11. The van der Waals surface area contributed by atoms with Crippen LogP contribution in [-0.4, -0.2) is 5.91 Å². The summed E-state index contributed by atoms with van der Waals surface area (Å²) in [5.74, 6) is -0.723. The van der Waals surface area contributed by atoms with E-state index in [4.69, 9.17) is 11.6 Å². The summed E-state index contributed by atoms with van der Waals surface area (Å²) >= 11 is 10.4. The second-order valence-electron chi connectivity index (χ2n) is 3.61. The molecule has 0 bridgehead atoms. The predicted octanol–water partition coefficient (Wildman–Crippen LogP) is 4.86. The number of halogens is 3. The number of aryl methyl sites for hydroxylation is 1. The maximum absolute atomic E-state index is 13.0. The van der Waals surface area contributed by atoms with E-state index in [1.54, 1.807) is 6.07 Å². The molecule has 0 spiro atoms. The number of nitrogens with one attached hydrogen (secondary N) is 1. The van der Waals surface area contributed by atoms with Crippen LogP contribution in [0.25, 0.3) is 0 Å². The largest absolute Gasteiger partial charge is 0.319 e. The minimum absolute atomic E-state index is 0.156. The molecule has 0 saturated heterocycles. The molecule has 1 aromatic heterocycles. The molecule has 0 atom stereocenters. The van der Waals surface area contributed by atoms with E-state index in [-0.39, 0.29) is 10.9 Å². The maximum atomic E-state index is 13.0. The molecule has 0 radical (unpaired) electrons. The van der Waals surface area contributed by atoms with Crippen molar-refractivity contribution in [1.29, 1.82) is 0 Å². The molecule has 1 heterocycles. The predicted molar refractivity (Wildman–Crippen MR) is 76.1 cm³/mol. The van der Waals surface area contributed by atoms with Crippen molar-refractivity contribution < 1.29 is 9.18 Å². The molecular formula is C12H8BrClFNOS. The smallest absolute Gasteiger partial charge is 0.265 e. The fourth-order valence-corrected chi connectivity index (χ4v) is 3.05. The van der Waals surface area contributed by atoms with Gasteiger partial charge in [-0.2, -0.15) is 0 Å². The summed E-state index contributed by atoms with van der Waals surface area (Å²) in [6.45, 7) is 1.92. The van der Waals surface area contributed by atoms with E-state index in [1.807, 2.05) is 13.0 Å². The molecule has 94 valence electrons. The van der Waals surface area contributed by atoms with Crippen LogP contribution in [0.2, 0.25) is 5.02 Å². The molecule has 18 heavy (non-hydrogen) atoms. The summed E-state index contributed by atoms with van der Waals surface area (Å²) in [6.07, 6.45) is 0. The minimum Gasteiger partial charge on any atom is -0.319 e. The molecule has 0 unspecified atom stereocenters. The van der Waals surface area contributed by atoms with Crippen LogP contribution >= 0.6 is 38.9 Å². The molecule has 1 aromatic carbocycles. The van der Waals surface area contributed by atoms with Crippen LogP contribution in [0.1, 0.15) is 14.5 Å². The first-order valence-corrected chi connectivity index (χ1v) is 6.98. The Hall–Kier alpha value is -0.910. The highest BCUT2D eigenvalue weighted by molar-refractivity contribution is 9.10. The van der Waals surface area contributed by atoms with Gasteiger partial charge in [-0.3, -0.25) is 4.79 Å². The first kappa shape index (κ1) is 13.5. The van der Waals surface area contributed by atoms with Gasteiger partial charge >= 0.3 is 0 Å². The molecule has 6 heteroatoms. The average molecular weight is 349 g/mol. The number of amides is 1. The van der Waals surface area contributed by atoms with Gasteiger partial charge in [-0.15, -0.1) is 11.3 Å². The first-order chi connectivity index (χ1) is 8.47. The molecule has 2 nitrogen and oxygen atoms in total. The second-order valence-corrected chi connectivity index (χ2v) is 6.16. The van der Waals surface area contributed by atoms with Gasteiger partial charge < -0.3 is 5.32 Å². The minimum atomic E-state index is -0.461. The first-order valence-electron chi connectivity index (χ1n) is 4.99. The molecule has 2 aromatic rings. The Morgan fingerprint density at radius 1 is 1.44 bits per heavy atom. The van der Waals surface area contributed by atoms with Crippen molar-refractivity contribution in [3.63, 3.8) is 0 Å². The van der Waals surface area contributed by atoms with Crippen molar-refractivity contribution in [1.82, 2.24) is 0 Å². The maximum Gasteiger partial charge on any atom is 0.265 e. The molecular weight excluding hydrogens is 341 g/mol. The number of hydrogen-bond donors (Lipinski definition) is 1. The van der Waals surface area contributed by atoms with Crippen molar-refractivity contribution in [3.8, 4) is 0 Å². The number of hydrogen-bond acceptors (Lipinski definition) is 2. The third kappa shape index (κ3) is 2.91. The van der Waals surface area contributed by atoms with Gasteiger partial charge in [0.05, 0.1) is 15.6 Å². The van der Waals surface area contributed by atoms with Crippen LogP contribution in [0, 0.1) is 12.7 Å². The fourth-order valence-electron chi connectivity index (χ4n) is 1.39. The lowest BCUT2D eigenvalue weighted by atomic mass is 10.3. The number of benzene rings is 1. The Morgan fingerprint density at radius 2 is 2.17 bits per heavy atom. The van der Waals surface area contributed by atoms with Gasteiger partial charge in [0.15, 0.2) is 0 Å². The number of carbonyl (C=O) groups excluding carboxylic acids is 1. The van der Waals surface area contributed by atoms with Crippen LogP contribution in [-0.2, 0) is 0 Å². The zero-order valence-electron chi connectivity index (χ0n) is 9.26. The fraction of sp³-hybridized carbons (Fsp3) is 0.0833. The SMILES string of the molecule is Cc1ccc(C(=O)Nc2c(Cl)cc(F)cc2Br)s1. The van der Waals surface area contributed by atoms with Gasteiger partial charge in [0.1, 0.15) is 5.82 Å². The standard InChI is InChI=1S/C12H8BrClFNOS/c1-6-2-3-10(18-6)12(17)16-11-8(13)4-7(15)5-9(11)14/h2-5H,1H3,(H,16,17). The van der Waals surface area contributed by atoms with Crippen LogP contribution in [0.4, 0.5) is 10.1 Å². The van der Waals surface area contributed by atoms with Gasteiger partial charge in [0, 0.05) is 9.35 Å².